The van der Waals surface area contributed by atoms with Crippen molar-refractivity contribution in [2.24, 2.45) is 0 Å². The summed E-state index contributed by atoms with van der Waals surface area (Å²) in [5.41, 5.74) is 0.0815. The summed E-state index contributed by atoms with van der Waals surface area (Å²) in [5.74, 6) is -0.877. The molecule has 0 radical (unpaired) electrons. The van der Waals surface area contributed by atoms with Crippen molar-refractivity contribution in [3.63, 3.8) is 0 Å². The van der Waals surface area contributed by atoms with Gasteiger partial charge in [0.1, 0.15) is 5.82 Å². The highest BCUT2D eigenvalue weighted by Crippen LogP contribution is 2.15. The van der Waals surface area contributed by atoms with Gasteiger partial charge in [0.05, 0.1) is 5.56 Å². The van der Waals surface area contributed by atoms with E-state index in [0.717, 1.165) is 13.0 Å². The van der Waals surface area contributed by atoms with E-state index in [2.05, 4.69) is 21.2 Å². The van der Waals surface area contributed by atoms with Crippen LogP contribution in [0.1, 0.15) is 16.8 Å². The fraction of sp³-hybridized carbons (Fsp3) is 0.417. The lowest BCUT2D eigenvalue weighted by atomic mass is 10.2. The Hall–Kier alpha value is -0.940. The molecule has 1 aromatic carbocycles. The third-order valence-electron chi connectivity index (χ3n) is 2.24. The molecule has 0 atom stereocenters. The predicted molar refractivity (Wildman–Crippen MR) is 69.6 cm³/mol. The minimum atomic E-state index is -0.510. The highest BCUT2D eigenvalue weighted by atomic mass is 79.9. The molecule has 0 aliphatic rings. The van der Waals surface area contributed by atoms with E-state index < -0.39 is 5.82 Å². The number of halogens is 2. The molecule has 0 bridgehead atoms. The first kappa shape index (κ1) is 14.1. The van der Waals surface area contributed by atoms with Gasteiger partial charge in [0, 0.05) is 11.0 Å². The Balaban J connectivity index is 2.47. The van der Waals surface area contributed by atoms with Crippen LogP contribution in [0.25, 0.3) is 0 Å². The van der Waals surface area contributed by atoms with E-state index in [0.29, 0.717) is 11.0 Å². The number of carbonyl (C=O) groups is 1. The minimum Gasteiger partial charge on any atom is -0.352 e. The van der Waals surface area contributed by atoms with Crippen molar-refractivity contribution in [3.05, 3.63) is 34.1 Å². The molecule has 17 heavy (non-hydrogen) atoms. The maximum atomic E-state index is 13.4. The highest BCUT2D eigenvalue weighted by molar-refractivity contribution is 9.10. The summed E-state index contributed by atoms with van der Waals surface area (Å²) in [6, 6.07) is 4.41. The van der Waals surface area contributed by atoms with E-state index in [1.54, 1.807) is 6.07 Å². The van der Waals surface area contributed by atoms with Crippen LogP contribution in [0.2, 0.25) is 0 Å². The number of benzene rings is 1. The monoisotopic (exact) mass is 302 g/mol. The Morgan fingerprint density at radius 1 is 1.47 bits per heavy atom. The molecule has 1 N–H and O–H groups in total. The fourth-order valence-corrected chi connectivity index (χ4v) is 1.70. The predicted octanol–water partition coefficient (Wildman–Crippen LogP) is 2.27. The van der Waals surface area contributed by atoms with Gasteiger partial charge < -0.3 is 10.2 Å². The SMILES string of the molecule is CN(C)CCCNC(=O)c1ccc(Br)cc1F. The van der Waals surface area contributed by atoms with Crippen LogP contribution < -0.4 is 5.32 Å². The summed E-state index contributed by atoms with van der Waals surface area (Å²) in [5, 5.41) is 2.69. The molecule has 0 heterocycles. The summed E-state index contributed by atoms with van der Waals surface area (Å²) in [4.78, 5) is 13.7. The van der Waals surface area contributed by atoms with Gasteiger partial charge in [-0.25, -0.2) is 4.39 Å². The van der Waals surface area contributed by atoms with E-state index in [9.17, 15) is 9.18 Å². The largest absolute Gasteiger partial charge is 0.352 e. The molecule has 0 aliphatic heterocycles. The van der Waals surface area contributed by atoms with Crippen molar-refractivity contribution >= 4 is 21.8 Å². The number of nitrogens with one attached hydrogen (secondary N) is 1. The number of nitrogens with zero attached hydrogens (tertiary/aromatic N) is 1. The average molecular weight is 303 g/mol. The van der Waals surface area contributed by atoms with Crippen LogP contribution in [0.15, 0.2) is 22.7 Å². The van der Waals surface area contributed by atoms with Crippen LogP contribution in [-0.4, -0.2) is 38.0 Å². The van der Waals surface area contributed by atoms with Crippen LogP contribution >= 0.6 is 15.9 Å². The van der Waals surface area contributed by atoms with Gasteiger partial charge in [-0.15, -0.1) is 0 Å². The molecule has 0 spiro atoms. The molecule has 0 saturated carbocycles. The summed E-state index contributed by atoms with van der Waals surface area (Å²) in [7, 11) is 3.94. The Bertz CT molecular complexity index is 396. The van der Waals surface area contributed by atoms with Gasteiger partial charge >= 0.3 is 0 Å². The Labute approximate surface area is 109 Å². The molecular weight excluding hydrogens is 287 g/mol. The molecule has 0 fully saturated rings. The third kappa shape index (κ3) is 4.83. The number of hydrogen-bond acceptors (Lipinski definition) is 2. The lowest BCUT2D eigenvalue weighted by Crippen LogP contribution is -2.27. The summed E-state index contributed by atoms with van der Waals surface area (Å²) < 4.78 is 14.1. The molecule has 0 aliphatic carbocycles. The van der Waals surface area contributed by atoms with Crippen LogP contribution in [0, 0.1) is 5.82 Å². The van der Waals surface area contributed by atoms with E-state index >= 15 is 0 Å². The molecule has 1 aromatic rings. The van der Waals surface area contributed by atoms with Gasteiger partial charge in [-0.1, -0.05) is 15.9 Å². The number of hydrogen-bond donors (Lipinski definition) is 1. The highest BCUT2D eigenvalue weighted by Gasteiger charge is 2.10. The number of amides is 1. The van der Waals surface area contributed by atoms with Gasteiger partial charge in [-0.05, 0) is 45.3 Å². The molecule has 0 unspecified atom stereocenters. The van der Waals surface area contributed by atoms with Crippen molar-refractivity contribution in [1.29, 1.82) is 0 Å². The first-order valence-corrected chi connectivity index (χ1v) is 6.18. The Morgan fingerprint density at radius 3 is 2.76 bits per heavy atom. The Kier molecular flexibility index (Phi) is 5.58. The zero-order chi connectivity index (χ0) is 12.8. The normalized spacial score (nSPS) is 10.6. The van der Waals surface area contributed by atoms with Crippen molar-refractivity contribution in [1.82, 2.24) is 10.2 Å². The third-order valence-corrected chi connectivity index (χ3v) is 2.74. The fourth-order valence-electron chi connectivity index (χ4n) is 1.37. The zero-order valence-electron chi connectivity index (χ0n) is 9.96. The molecule has 3 nitrogen and oxygen atoms in total. The van der Waals surface area contributed by atoms with Gasteiger partial charge in [0.25, 0.3) is 5.91 Å². The van der Waals surface area contributed by atoms with Crippen molar-refractivity contribution < 1.29 is 9.18 Å². The molecule has 5 heteroatoms. The Morgan fingerprint density at radius 2 is 2.18 bits per heavy atom. The maximum absolute atomic E-state index is 13.4. The topological polar surface area (TPSA) is 32.3 Å². The van der Waals surface area contributed by atoms with Gasteiger partial charge in [0.2, 0.25) is 0 Å². The second-order valence-electron chi connectivity index (χ2n) is 4.04. The summed E-state index contributed by atoms with van der Waals surface area (Å²) in [6.07, 6.45) is 0.844. The van der Waals surface area contributed by atoms with E-state index in [4.69, 9.17) is 0 Å². The van der Waals surface area contributed by atoms with Crippen molar-refractivity contribution in [3.8, 4) is 0 Å². The maximum Gasteiger partial charge on any atom is 0.254 e. The van der Waals surface area contributed by atoms with Crippen LogP contribution in [0.5, 0.6) is 0 Å². The average Bonchev–Trinajstić information content (AvgIpc) is 2.23. The minimum absolute atomic E-state index is 0.0815. The van der Waals surface area contributed by atoms with Crippen LogP contribution in [0.4, 0.5) is 4.39 Å². The molecular formula is C12H16BrFN2O. The second-order valence-corrected chi connectivity index (χ2v) is 4.95. The smallest absolute Gasteiger partial charge is 0.254 e. The van der Waals surface area contributed by atoms with Crippen LogP contribution in [-0.2, 0) is 0 Å². The van der Waals surface area contributed by atoms with Gasteiger partial charge in [0.15, 0.2) is 0 Å². The molecule has 94 valence electrons. The van der Waals surface area contributed by atoms with E-state index in [-0.39, 0.29) is 11.5 Å². The second kappa shape index (κ2) is 6.71. The first-order valence-electron chi connectivity index (χ1n) is 5.38. The molecule has 1 rings (SSSR count). The van der Waals surface area contributed by atoms with E-state index in [1.807, 2.05) is 19.0 Å². The lowest BCUT2D eigenvalue weighted by Gasteiger charge is -2.10. The van der Waals surface area contributed by atoms with Crippen molar-refractivity contribution in [2.45, 2.75) is 6.42 Å². The zero-order valence-corrected chi connectivity index (χ0v) is 11.6. The number of rotatable bonds is 5. The lowest BCUT2D eigenvalue weighted by molar-refractivity contribution is 0.0948. The molecule has 0 aromatic heterocycles. The molecule has 0 saturated heterocycles. The number of carbonyl (C=O) groups excluding carboxylic acids is 1. The quantitative estimate of drug-likeness (QED) is 0.846. The van der Waals surface area contributed by atoms with Gasteiger partial charge in [-0.2, -0.15) is 0 Å². The first-order chi connectivity index (χ1) is 8.00. The summed E-state index contributed by atoms with van der Waals surface area (Å²) >= 11 is 3.15. The van der Waals surface area contributed by atoms with Gasteiger partial charge in [-0.3, -0.25) is 4.79 Å². The summed E-state index contributed by atoms with van der Waals surface area (Å²) in [6.45, 7) is 1.44. The van der Waals surface area contributed by atoms with Crippen LogP contribution in [0.3, 0.4) is 0 Å². The molecule has 1 amide bonds. The van der Waals surface area contributed by atoms with E-state index in [1.165, 1.54) is 12.1 Å². The van der Waals surface area contributed by atoms with Crippen molar-refractivity contribution in [2.75, 3.05) is 27.2 Å². The standard InChI is InChI=1S/C12H16BrFN2O/c1-16(2)7-3-6-15-12(17)10-5-4-9(13)8-11(10)14/h4-5,8H,3,6-7H2,1-2H3,(H,15,17).